The first-order valence-corrected chi connectivity index (χ1v) is 18.5. The third-order valence-corrected chi connectivity index (χ3v) is 13.9. The van der Waals surface area contributed by atoms with Crippen molar-refractivity contribution in [1.29, 1.82) is 0 Å². The summed E-state index contributed by atoms with van der Waals surface area (Å²) in [4.78, 5) is 51.3. The minimum Gasteiger partial charge on any atom is -0.465 e. The van der Waals surface area contributed by atoms with Crippen molar-refractivity contribution < 1.29 is 33.0 Å². The summed E-state index contributed by atoms with van der Waals surface area (Å²) < 4.78 is 32.9. The van der Waals surface area contributed by atoms with Crippen molar-refractivity contribution in [2.75, 3.05) is 13.2 Å². The Morgan fingerprint density at radius 1 is 0.800 bits per heavy atom. The maximum Gasteiger partial charge on any atom is 0.335 e. The summed E-state index contributed by atoms with van der Waals surface area (Å²) in [6.07, 6.45) is -1.70. The highest BCUT2D eigenvalue weighted by Gasteiger charge is 2.53. The third-order valence-electron chi connectivity index (χ3n) is 8.86. The molecule has 0 bridgehead atoms. The summed E-state index contributed by atoms with van der Waals surface area (Å²) >= 11 is 0. The van der Waals surface area contributed by atoms with E-state index in [4.69, 9.17) is 23.4 Å². The molecule has 12 heteroatoms. The number of hydrogen-bond acceptors (Lipinski definition) is 9. The van der Waals surface area contributed by atoms with Gasteiger partial charge in [0.2, 0.25) is 0 Å². The van der Waals surface area contributed by atoms with E-state index in [-0.39, 0.29) is 31.6 Å². The molecule has 50 heavy (non-hydrogen) atoms. The van der Waals surface area contributed by atoms with Gasteiger partial charge in [-0.15, -0.1) is 0 Å². The Hall–Kier alpha value is -4.62. The highest BCUT2D eigenvalue weighted by molar-refractivity contribution is 6.99. The molecule has 1 aliphatic heterocycles. The maximum absolute atomic E-state index is 13.9. The summed E-state index contributed by atoms with van der Waals surface area (Å²) in [5, 5.41) is 1.76. The molecule has 5 rings (SSSR count). The van der Waals surface area contributed by atoms with Crippen LogP contribution in [0.15, 0.2) is 113 Å². The summed E-state index contributed by atoms with van der Waals surface area (Å²) in [5.74, 6) is -1.85. The number of rotatable bonds is 13. The van der Waals surface area contributed by atoms with Crippen LogP contribution in [-0.4, -0.2) is 54.8 Å². The molecule has 1 aromatic heterocycles. The summed E-state index contributed by atoms with van der Waals surface area (Å²) in [7, 11) is -3.04. The molecule has 1 saturated heterocycles. The van der Waals surface area contributed by atoms with E-state index in [0.717, 1.165) is 20.5 Å². The largest absolute Gasteiger partial charge is 0.465 e. The molecule has 0 unspecified atom stereocenters. The Morgan fingerprint density at radius 2 is 1.38 bits per heavy atom. The summed E-state index contributed by atoms with van der Waals surface area (Å²) in [6, 6.07) is 30.8. The molecule has 0 amide bonds. The van der Waals surface area contributed by atoms with Gasteiger partial charge < -0.3 is 23.4 Å². The molecule has 0 N–H and O–H groups in total. The SMILES string of the molecule is CC(=O)OC[C@H]1[C@@H](OC(C)=O)[C@H](n2ccc(=O)n(COCc3ccccc3)c2=O)O[C@@H]1CO[Si](c1ccccc1)(c1ccccc1)C(C)(C)C. The minimum absolute atomic E-state index is 0.0298. The van der Waals surface area contributed by atoms with Crippen LogP contribution in [0.2, 0.25) is 5.04 Å². The zero-order chi connectivity index (χ0) is 35.9. The fourth-order valence-electron chi connectivity index (χ4n) is 6.56. The van der Waals surface area contributed by atoms with E-state index in [9.17, 15) is 19.2 Å². The molecular weight excluding hydrogens is 657 g/mol. The van der Waals surface area contributed by atoms with Crippen LogP contribution in [0.3, 0.4) is 0 Å². The second-order valence-corrected chi connectivity index (χ2v) is 17.6. The average molecular weight is 701 g/mol. The van der Waals surface area contributed by atoms with E-state index in [1.807, 2.05) is 66.7 Å². The molecule has 0 radical (unpaired) electrons. The lowest BCUT2D eigenvalue weighted by Gasteiger charge is -2.43. The lowest BCUT2D eigenvalue weighted by atomic mass is 9.99. The fraction of sp³-hybridized carbons (Fsp3) is 0.368. The van der Waals surface area contributed by atoms with Crippen molar-refractivity contribution in [1.82, 2.24) is 9.13 Å². The van der Waals surface area contributed by atoms with E-state index < -0.39 is 55.9 Å². The normalized spacial score (nSPS) is 19.2. The molecule has 3 aromatic carbocycles. The first kappa shape index (κ1) is 36.7. The van der Waals surface area contributed by atoms with Crippen molar-refractivity contribution in [3.63, 3.8) is 0 Å². The summed E-state index contributed by atoms with van der Waals surface area (Å²) in [5.41, 5.74) is -0.403. The van der Waals surface area contributed by atoms with Gasteiger partial charge in [-0.05, 0) is 21.0 Å². The van der Waals surface area contributed by atoms with Gasteiger partial charge in [0, 0.05) is 26.1 Å². The van der Waals surface area contributed by atoms with Gasteiger partial charge in [0.1, 0.15) is 13.3 Å². The smallest absolute Gasteiger partial charge is 0.335 e. The van der Waals surface area contributed by atoms with Crippen molar-refractivity contribution in [2.45, 2.75) is 71.4 Å². The van der Waals surface area contributed by atoms with Crippen LogP contribution < -0.4 is 21.6 Å². The van der Waals surface area contributed by atoms with Gasteiger partial charge in [0.15, 0.2) is 12.3 Å². The Kier molecular flexibility index (Phi) is 11.7. The van der Waals surface area contributed by atoms with Gasteiger partial charge in [-0.2, -0.15) is 0 Å². The fourth-order valence-corrected chi connectivity index (χ4v) is 11.1. The first-order chi connectivity index (χ1) is 23.9. The number of nitrogens with zero attached hydrogens (tertiary/aromatic N) is 2. The second kappa shape index (κ2) is 15.9. The van der Waals surface area contributed by atoms with Gasteiger partial charge in [-0.3, -0.25) is 19.0 Å². The lowest BCUT2D eigenvalue weighted by molar-refractivity contribution is -0.155. The summed E-state index contributed by atoms with van der Waals surface area (Å²) in [6.45, 7) is 8.74. The third kappa shape index (κ3) is 8.05. The van der Waals surface area contributed by atoms with E-state index in [1.54, 1.807) is 0 Å². The van der Waals surface area contributed by atoms with Crippen molar-refractivity contribution in [3.05, 3.63) is 130 Å². The van der Waals surface area contributed by atoms with Crippen LogP contribution in [0, 0.1) is 5.92 Å². The predicted molar refractivity (Wildman–Crippen MR) is 189 cm³/mol. The quantitative estimate of drug-likeness (QED) is 0.152. The Balaban J connectivity index is 1.52. The maximum atomic E-state index is 13.9. The van der Waals surface area contributed by atoms with E-state index in [0.29, 0.717) is 0 Å². The molecular formula is C38H44N2O9Si. The Morgan fingerprint density at radius 3 is 1.92 bits per heavy atom. The number of carbonyl (C=O) groups excluding carboxylic acids is 2. The van der Waals surface area contributed by atoms with E-state index >= 15 is 0 Å². The molecule has 1 fully saturated rings. The van der Waals surface area contributed by atoms with Gasteiger partial charge >= 0.3 is 17.6 Å². The minimum atomic E-state index is -3.04. The van der Waals surface area contributed by atoms with E-state index in [2.05, 4.69) is 45.0 Å². The highest BCUT2D eigenvalue weighted by atomic mass is 28.4. The van der Waals surface area contributed by atoms with Crippen LogP contribution >= 0.6 is 0 Å². The lowest BCUT2D eigenvalue weighted by Crippen LogP contribution is -2.67. The van der Waals surface area contributed by atoms with Crippen molar-refractivity contribution >= 4 is 30.6 Å². The van der Waals surface area contributed by atoms with Crippen LogP contribution in [0.1, 0.15) is 46.4 Å². The second-order valence-electron chi connectivity index (χ2n) is 13.3. The average Bonchev–Trinajstić information content (AvgIpc) is 3.42. The molecule has 2 heterocycles. The number of esters is 2. The number of aromatic nitrogens is 2. The Labute approximate surface area is 292 Å². The number of carbonyl (C=O) groups is 2. The molecule has 0 saturated carbocycles. The number of hydrogen-bond donors (Lipinski definition) is 0. The van der Waals surface area contributed by atoms with Crippen molar-refractivity contribution in [3.8, 4) is 0 Å². The first-order valence-electron chi connectivity index (χ1n) is 16.6. The van der Waals surface area contributed by atoms with Crippen LogP contribution in [-0.2, 0) is 46.3 Å². The van der Waals surface area contributed by atoms with Gasteiger partial charge in [-0.1, -0.05) is 112 Å². The van der Waals surface area contributed by atoms with E-state index in [1.165, 1.54) is 30.7 Å². The molecule has 264 valence electrons. The van der Waals surface area contributed by atoms with Crippen LogP contribution in [0.25, 0.3) is 0 Å². The monoisotopic (exact) mass is 700 g/mol. The van der Waals surface area contributed by atoms with Gasteiger partial charge in [0.05, 0.1) is 25.2 Å². The van der Waals surface area contributed by atoms with Crippen molar-refractivity contribution in [2.24, 2.45) is 5.92 Å². The van der Waals surface area contributed by atoms with Crippen LogP contribution in [0.5, 0.6) is 0 Å². The molecule has 11 nitrogen and oxygen atoms in total. The topological polar surface area (TPSA) is 124 Å². The predicted octanol–water partition coefficient (Wildman–Crippen LogP) is 3.77. The molecule has 0 spiro atoms. The highest BCUT2D eigenvalue weighted by Crippen LogP contribution is 2.40. The zero-order valence-corrected chi connectivity index (χ0v) is 30.0. The molecule has 4 aromatic rings. The Bertz CT molecular complexity index is 1820. The molecule has 4 atom stereocenters. The standard InChI is InChI=1S/C38H44N2O9Si/c1-27(41)46-24-32-33(25-47-50(38(3,4)5,30-17-11-7-12-18-30)31-19-13-8-14-20-31)49-36(35(32)48-28(2)42)39-22-21-34(43)40(37(39)44)26-45-23-29-15-9-6-10-16-29/h6-22,32-33,35-36H,23-26H2,1-5H3/t32-,33-,35-,36-/m1/s1. The number of benzene rings is 3. The molecule has 1 aliphatic rings. The van der Waals surface area contributed by atoms with Gasteiger partial charge in [-0.25, -0.2) is 9.36 Å². The van der Waals surface area contributed by atoms with Gasteiger partial charge in [0.25, 0.3) is 13.9 Å². The number of ether oxygens (including phenoxy) is 4. The molecule has 0 aliphatic carbocycles. The van der Waals surface area contributed by atoms with Crippen LogP contribution in [0.4, 0.5) is 0 Å². The zero-order valence-electron chi connectivity index (χ0n) is 29.0.